The second kappa shape index (κ2) is 5.42. The van der Waals surface area contributed by atoms with Gasteiger partial charge >= 0.3 is 0 Å². The van der Waals surface area contributed by atoms with Gasteiger partial charge in [0, 0.05) is 26.2 Å². The average Bonchev–Trinajstić information content (AvgIpc) is 2.81. The molecule has 4 nitrogen and oxygen atoms in total. The smallest absolute Gasteiger partial charge is 0.196 e. The van der Waals surface area contributed by atoms with E-state index in [0.717, 1.165) is 44.5 Å². The van der Waals surface area contributed by atoms with Crippen LogP contribution in [0.15, 0.2) is 4.99 Å². The number of thiocarbonyl (C=S) groups is 1. The minimum Gasteiger partial charge on any atom is -0.378 e. The fourth-order valence-corrected chi connectivity index (χ4v) is 2.04. The zero-order chi connectivity index (χ0) is 10.5. The third-order valence-electron chi connectivity index (χ3n) is 2.75. The molecular formula is C10H17N3OS. The second-order valence-corrected chi connectivity index (χ2v) is 4.23. The number of ether oxygens (including phenoxy) is 1. The van der Waals surface area contributed by atoms with Crippen molar-refractivity contribution in [1.82, 2.24) is 9.80 Å². The maximum absolute atomic E-state index is 5.26. The number of hydrogen-bond acceptors (Lipinski definition) is 2. The van der Waals surface area contributed by atoms with Crippen LogP contribution in [0.1, 0.15) is 12.8 Å². The zero-order valence-electron chi connectivity index (χ0n) is 8.89. The summed E-state index contributed by atoms with van der Waals surface area (Å²) in [4.78, 5) is 8.66. The molecule has 0 radical (unpaired) electrons. The summed E-state index contributed by atoms with van der Waals surface area (Å²) in [5, 5.41) is 0.735. The summed E-state index contributed by atoms with van der Waals surface area (Å²) in [6.07, 6.45) is 4.35. The number of nitrogens with zero attached hydrogens (tertiary/aromatic N) is 3. The molecule has 0 atom stereocenters. The van der Waals surface area contributed by atoms with Crippen molar-refractivity contribution in [2.45, 2.75) is 12.8 Å². The lowest BCUT2D eigenvalue weighted by Crippen LogP contribution is -2.36. The van der Waals surface area contributed by atoms with Crippen LogP contribution in [0.25, 0.3) is 0 Å². The summed E-state index contributed by atoms with van der Waals surface area (Å²) >= 11 is 5.25. The van der Waals surface area contributed by atoms with Crippen molar-refractivity contribution in [2.75, 3.05) is 39.4 Å². The van der Waals surface area contributed by atoms with Crippen molar-refractivity contribution in [3.05, 3.63) is 0 Å². The molecule has 2 aliphatic rings. The van der Waals surface area contributed by atoms with E-state index in [0.29, 0.717) is 0 Å². The molecule has 0 aromatic heterocycles. The molecule has 0 saturated carbocycles. The van der Waals surface area contributed by atoms with Gasteiger partial charge in [-0.2, -0.15) is 0 Å². The highest BCUT2D eigenvalue weighted by molar-refractivity contribution is 7.80. The number of likely N-dealkylation sites (tertiary alicyclic amines) is 1. The SMILES string of the molecule is S=C(/N=C/N1CCOCC1)N1CCCC1. The van der Waals surface area contributed by atoms with E-state index in [1.807, 2.05) is 6.34 Å². The predicted octanol–water partition coefficient (Wildman–Crippen LogP) is 0.728. The monoisotopic (exact) mass is 227 g/mol. The molecule has 0 amide bonds. The van der Waals surface area contributed by atoms with Crippen LogP contribution in [0.5, 0.6) is 0 Å². The molecule has 2 fully saturated rings. The third-order valence-corrected chi connectivity index (χ3v) is 3.12. The Morgan fingerprint density at radius 2 is 1.80 bits per heavy atom. The summed E-state index contributed by atoms with van der Waals surface area (Å²) in [7, 11) is 0. The summed E-state index contributed by atoms with van der Waals surface area (Å²) in [5.41, 5.74) is 0. The maximum atomic E-state index is 5.26. The Morgan fingerprint density at radius 3 is 2.47 bits per heavy atom. The van der Waals surface area contributed by atoms with Crippen molar-refractivity contribution in [3.8, 4) is 0 Å². The second-order valence-electron chi connectivity index (χ2n) is 3.87. The molecule has 2 heterocycles. The quantitative estimate of drug-likeness (QED) is 0.375. The van der Waals surface area contributed by atoms with Gasteiger partial charge in [0.25, 0.3) is 0 Å². The van der Waals surface area contributed by atoms with Gasteiger partial charge in [0.1, 0.15) is 0 Å². The van der Waals surface area contributed by atoms with Crippen molar-refractivity contribution in [1.29, 1.82) is 0 Å². The van der Waals surface area contributed by atoms with E-state index in [1.54, 1.807) is 0 Å². The third kappa shape index (κ3) is 3.14. The fraction of sp³-hybridized carbons (Fsp3) is 0.800. The normalized spacial score (nSPS) is 22.7. The Morgan fingerprint density at radius 1 is 1.13 bits per heavy atom. The fourth-order valence-electron chi connectivity index (χ4n) is 1.81. The summed E-state index contributed by atoms with van der Waals surface area (Å²) in [6, 6.07) is 0. The predicted molar refractivity (Wildman–Crippen MR) is 64.3 cm³/mol. The number of aliphatic imine (C=N–C) groups is 1. The molecule has 0 bridgehead atoms. The molecule has 0 aromatic carbocycles. The summed E-state index contributed by atoms with van der Waals surface area (Å²) in [6.45, 7) is 5.57. The first-order valence-corrected chi connectivity index (χ1v) is 5.92. The van der Waals surface area contributed by atoms with E-state index in [9.17, 15) is 0 Å². The minimum absolute atomic E-state index is 0.735. The van der Waals surface area contributed by atoms with E-state index in [2.05, 4.69) is 14.8 Å². The Hall–Kier alpha value is -0.680. The molecular weight excluding hydrogens is 210 g/mol. The van der Waals surface area contributed by atoms with Gasteiger partial charge in [0.15, 0.2) is 5.11 Å². The highest BCUT2D eigenvalue weighted by Gasteiger charge is 2.14. The zero-order valence-corrected chi connectivity index (χ0v) is 9.71. The van der Waals surface area contributed by atoms with Crippen LogP contribution >= 0.6 is 12.2 Å². The molecule has 2 rings (SSSR count). The van der Waals surface area contributed by atoms with E-state index >= 15 is 0 Å². The molecule has 0 unspecified atom stereocenters. The van der Waals surface area contributed by atoms with E-state index in [-0.39, 0.29) is 0 Å². The highest BCUT2D eigenvalue weighted by Crippen LogP contribution is 2.08. The number of morpholine rings is 1. The highest BCUT2D eigenvalue weighted by atomic mass is 32.1. The van der Waals surface area contributed by atoms with Crippen molar-refractivity contribution in [2.24, 2.45) is 4.99 Å². The molecule has 15 heavy (non-hydrogen) atoms. The maximum Gasteiger partial charge on any atom is 0.196 e. The van der Waals surface area contributed by atoms with E-state index in [1.165, 1.54) is 12.8 Å². The molecule has 84 valence electrons. The first kappa shape index (κ1) is 10.8. The summed E-state index contributed by atoms with van der Waals surface area (Å²) in [5.74, 6) is 0. The van der Waals surface area contributed by atoms with Crippen LogP contribution in [0.3, 0.4) is 0 Å². The van der Waals surface area contributed by atoms with Crippen molar-refractivity contribution < 1.29 is 4.74 Å². The Kier molecular flexibility index (Phi) is 3.91. The van der Waals surface area contributed by atoms with Crippen LogP contribution < -0.4 is 0 Å². The standard InChI is InChI=1S/C10H17N3OS/c15-10(13-3-1-2-4-13)11-9-12-5-7-14-8-6-12/h9H,1-8H2/b11-9+. The molecule has 5 heteroatoms. The first-order chi connectivity index (χ1) is 7.36. The molecule has 2 saturated heterocycles. The lowest BCUT2D eigenvalue weighted by Gasteiger charge is -2.24. The first-order valence-electron chi connectivity index (χ1n) is 5.51. The number of hydrogen-bond donors (Lipinski definition) is 0. The van der Waals surface area contributed by atoms with Gasteiger partial charge in [-0.3, -0.25) is 0 Å². The van der Waals surface area contributed by atoms with E-state index < -0.39 is 0 Å². The van der Waals surface area contributed by atoms with Crippen LogP contribution in [0, 0.1) is 0 Å². The van der Waals surface area contributed by atoms with Crippen molar-refractivity contribution >= 4 is 23.7 Å². The van der Waals surface area contributed by atoms with Crippen LogP contribution in [0.4, 0.5) is 0 Å². The Bertz CT molecular complexity index is 245. The molecule has 0 aliphatic carbocycles. The molecule has 0 N–H and O–H groups in total. The topological polar surface area (TPSA) is 28.1 Å². The van der Waals surface area contributed by atoms with Gasteiger partial charge in [-0.1, -0.05) is 0 Å². The van der Waals surface area contributed by atoms with E-state index in [4.69, 9.17) is 17.0 Å². The number of rotatable bonds is 1. The van der Waals surface area contributed by atoms with Crippen molar-refractivity contribution in [3.63, 3.8) is 0 Å². The summed E-state index contributed by atoms with van der Waals surface area (Å²) < 4.78 is 5.26. The Labute approximate surface area is 95.9 Å². The van der Waals surface area contributed by atoms with Gasteiger partial charge in [-0.15, -0.1) is 0 Å². The van der Waals surface area contributed by atoms with Crippen LogP contribution in [-0.2, 0) is 4.74 Å². The molecule has 2 aliphatic heterocycles. The Balaban J connectivity index is 1.78. The molecule has 0 spiro atoms. The lowest BCUT2D eigenvalue weighted by atomic mass is 10.4. The van der Waals surface area contributed by atoms with Gasteiger partial charge in [0.2, 0.25) is 0 Å². The average molecular weight is 227 g/mol. The largest absolute Gasteiger partial charge is 0.378 e. The van der Waals surface area contributed by atoms with Crippen LogP contribution in [0.2, 0.25) is 0 Å². The minimum atomic E-state index is 0.735. The van der Waals surface area contributed by atoms with Gasteiger partial charge < -0.3 is 14.5 Å². The van der Waals surface area contributed by atoms with Gasteiger partial charge in [-0.05, 0) is 25.1 Å². The van der Waals surface area contributed by atoms with Gasteiger partial charge in [0.05, 0.1) is 19.6 Å². The van der Waals surface area contributed by atoms with Gasteiger partial charge in [-0.25, -0.2) is 4.99 Å². The lowest BCUT2D eigenvalue weighted by molar-refractivity contribution is 0.0701. The molecule has 0 aromatic rings. The van der Waals surface area contributed by atoms with Crippen LogP contribution in [-0.4, -0.2) is 60.6 Å².